The molecule has 3 heterocycles. The number of carbonyl (C=O) groups is 1. The van der Waals surface area contributed by atoms with Gasteiger partial charge in [0, 0.05) is 74.2 Å². The van der Waals surface area contributed by atoms with Gasteiger partial charge >= 0.3 is 0 Å². The molecule has 0 aliphatic carbocycles. The summed E-state index contributed by atoms with van der Waals surface area (Å²) >= 11 is 0. The molecule has 4 aromatic rings. The smallest absolute Gasteiger partial charge is 0.248 e. The Morgan fingerprint density at radius 2 is 1.88 bits per heavy atom. The third-order valence-electron chi connectivity index (χ3n) is 7.17. The average molecular weight is 538 g/mol. The Labute approximate surface area is 234 Å². The number of aryl methyl sites for hydroxylation is 2. The Hall–Kier alpha value is -4.63. The first-order valence-electron chi connectivity index (χ1n) is 13.3. The normalized spacial score (nSPS) is 14.1. The van der Waals surface area contributed by atoms with E-state index in [1.54, 1.807) is 19.3 Å². The Kier molecular flexibility index (Phi) is 7.84. The summed E-state index contributed by atoms with van der Waals surface area (Å²) in [6, 6.07) is 12.1. The number of anilines is 4. The van der Waals surface area contributed by atoms with Gasteiger partial charge in [0.1, 0.15) is 5.75 Å². The van der Waals surface area contributed by atoms with E-state index in [4.69, 9.17) is 9.72 Å². The Morgan fingerprint density at radius 3 is 2.62 bits per heavy atom. The summed E-state index contributed by atoms with van der Waals surface area (Å²) in [6.07, 6.45) is 8.56. The first-order chi connectivity index (χ1) is 19.4. The number of amides is 1. The van der Waals surface area contributed by atoms with Crippen LogP contribution in [0.25, 0.3) is 22.2 Å². The van der Waals surface area contributed by atoms with Crippen molar-refractivity contribution in [1.29, 1.82) is 0 Å². The van der Waals surface area contributed by atoms with E-state index in [-0.39, 0.29) is 5.91 Å². The molecule has 0 spiro atoms. The van der Waals surface area contributed by atoms with E-state index in [0.29, 0.717) is 23.1 Å². The van der Waals surface area contributed by atoms with Crippen LogP contribution in [0, 0.1) is 6.92 Å². The molecule has 1 saturated heterocycles. The number of para-hydroxylation sites is 1. The second-order valence-corrected chi connectivity index (χ2v) is 9.97. The predicted molar refractivity (Wildman–Crippen MR) is 163 cm³/mol. The minimum absolute atomic E-state index is 0.240. The van der Waals surface area contributed by atoms with Gasteiger partial charge in [0.05, 0.1) is 29.9 Å². The zero-order chi connectivity index (χ0) is 28.2. The largest absolute Gasteiger partial charge is 0.494 e. The maximum Gasteiger partial charge on any atom is 0.248 e. The van der Waals surface area contributed by atoms with Crippen molar-refractivity contribution in [2.75, 3.05) is 55.9 Å². The van der Waals surface area contributed by atoms with Gasteiger partial charge in [-0.25, -0.2) is 9.97 Å². The molecule has 1 aliphatic rings. The molecule has 2 aromatic carbocycles. The summed E-state index contributed by atoms with van der Waals surface area (Å²) in [5.74, 6) is 0.823. The van der Waals surface area contributed by atoms with Crippen LogP contribution in [0.1, 0.15) is 5.56 Å². The molecule has 5 rings (SSSR count). The van der Waals surface area contributed by atoms with E-state index in [1.807, 2.05) is 44.4 Å². The van der Waals surface area contributed by atoms with E-state index in [0.717, 1.165) is 59.6 Å². The van der Waals surface area contributed by atoms with E-state index >= 15 is 0 Å². The minimum atomic E-state index is -0.240. The number of hydrogen-bond donors (Lipinski definition) is 2. The number of nitrogens with zero attached hydrogens (tertiary/aromatic N) is 5. The number of allylic oxidation sites excluding steroid dienone is 2. The molecule has 0 unspecified atom stereocenters. The van der Waals surface area contributed by atoms with Gasteiger partial charge in [-0.1, -0.05) is 36.9 Å². The summed E-state index contributed by atoms with van der Waals surface area (Å²) in [5, 5.41) is 7.51. The maximum atomic E-state index is 12.7. The molecule has 1 fully saturated rings. The van der Waals surface area contributed by atoms with Crippen LogP contribution in [-0.4, -0.2) is 65.7 Å². The summed E-state index contributed by atoms with van der Waals surface area (Å²) in [6.45, 7) is 9.21. The summed E-state index contributed by atoms with van der Waals surface area (Å²) in [5.41, 5.74) is 6.23. The molecular weight excluding hydrogens is 502 g/mol. The van der Waals surface area contributed by atoms with E-state index in [9.17, 15) is 4.79 Å². The van der Waals surface area contributed by atoms with Crippen molar-refractivity contribution < 1.29 is 9.53 Å². The van der Waals surface area contributed by atoms with Crippen LogP contribution >= 0.6 is 0 Å². The van der Waals surface area contributed by atoms with Crippen molar-refractivity contribution in [3.05, 3.63) is 79.2 Å². The van der Waals surface area contributed by atoms with Crippen LogP contribution in [0.4, 0.5) is 23.0 Å². The monoisotopic (exact) mass is 537 g/mol. The Bertz CT molecular complexity index is 1580. The molecule has 1 amide bonds. The summed E-state index contributed by atoms with van der Waals surface area (Å²) < 4.78 is 7.90. The molecule has 0 saturated carbocycles. The zero-order valence-electron chi connectivity index (χ0n) is 23.4. The van der Waals surface area contributed by atoms with E-state index in [1.165, 1.54) is 6.08 Å². The van der Waals surface area contributed by atoms with Crippen molar-refractivity contribution in [3.8, 4) is 17.0 Å². The lowest BCUT2D eigenvalue weighted by Gasteiger charge is -2.35. The number of ether oxygens (including phenoxy) is 1. The van der Waals surface area contributed by atoms with Crippen molar-refractivity contribution in [2.45, 2.75) is 6.92 Å². The first kappa shape index (κ1) is 27.0. The topological polar surface area (TPSA) is 87.5 Å². The molecule has 2 N–H and O–H groups in total. The van der Waals surface area contributed by atoms with Crippen molar-refractivity contribution in [2.24, 2.45) is 7.05 Å². The SMILES string of the molecule is C=C/C=C\C(=O)Nc1cc(Nc2ncc(C)c(-c3cn(C)c4ccccc34)n2)c(OC)cc1N1CCN(C)CC1. The lowest BCUT2D eigenvalue weighted by Crippen LogP contribution is -2.44. The second-order valence-electron chi connectivity index (χ2n) is 9.97. The fraction of sp³-hybridized carbons (Fsp3) is 0.258. The predicted octanol–water partition coefficient (Wildman–Crippen LogP) is 5.13. The van der Waals surface area contributed by atoms with Gasteiger partial charge in [0.2, 0.25) is 11.9 Å². The summed E-state index contributed by atoms with van der Waals surface area (Å²) in [4.78, 5) is 26.7. The Balaban J connectivity index is 1.53. The van der Waals surface area contributed by atoms with Gasteiger partial charge in [-0.2, -0.15) is 0 Å². The highest BCUT2D eigenvalue weighted by molar-refractivity contribution is 6.02. The van der Waals surface area contributed by atoms with Crippen LogP contribution in [0.15, 0.2) is 73.6 Å². The maximum absolute atomic E-state index is 12.7. The molecule has 2 aromatic heterocycles. The van der Waals surface area contributed by atoms with Crippen molar-refractivity contribution >= 4 is 39.8 Å². The van der Waals surface area contributed by atoms with Gasteiger partial charge in [-0.05, 0) is 31.7 Å². The summed E-state index contributed by atoms with van der Waals surface area (Å²) in [7, 11) is 5.78. The van der Waals surface area contributed by atoms with Crippen molar-refractivity contribution in [3.63, 3.8) is 0 Å². The highest BCUT2D eigenvalue weighted by atomic mass is 16.5. The number of aromatic nitrogens is 3. The third kappa shape index (κ3) is 5.55. The molecule has 0 atom stereocenters. The first-order valence-corrected chi connectivity index (χ1v) is 13.3. The number of nitrogens with one attached hydrogen (secondary N) is 2. The highest BCUT2D eigenvalue weighted by Gasteiger charge is 2.21. The molecule has 0 bridgehead atoms. The average Bonchev–Trinajstić information content (AvgIpc) is 3.30. The van der Waals surface area contributed by atoms with Gasteiger partial charge in [-0.3, -0.25) is 4.79 Å². The Morgan fingerprint density at radius 1 is 1.10 bits per heavy atom. The molecule has 9 heteroatoms. The van der Waals surface area contributed by atoms with Crippen LogP contribution in [0.2, 0.25) is 0 Å². The molecule has 206 valence electrons. The third-order valence-corrected chi connectivity index (χ3v) is 7.17. The fourth-order valence-corrected chi connectivity index (χ4v) is 5.00. The van der Waals surface area contributed by atoms with Crippen LogP contribution in [0.5, 0.6) is 5.75 Å². The molecule has 0 radical (unpaired) electrons. The number of hydrogen-bond acceptors (Lipinski definition) is 7. The van der Waals surface area contributed by atoms with Crippen molar-refractivity contribution in [1.82, 2.24) is 19.4 Å². The molecule has 1 aliphatic heterocycles. The van der Waals surface area contributed by atoms with Gasteiger partial charge < -0.3 is 29.7 Å². The van der Waals surface area contributed by atoms with Crippen LogP contribution < -0.4 is 20.3 Å². The van der Waals surface area contributed by atoms with E-state index in [2.05, 4.69) is 61.9 Å². The van der Waals surface area contributed by atoms with E-state index < -0.39 is 0 Å². The zero-order valence-corrected chi connectivity index (χ0v) is 23.4. The number of fused-ring (bicyclic) bond motifs is 1. The highest BCUT2D eigenvalue weighted by Crippen LogP contribution is 2.39. The number of carbonyl (C=O) groups excluding carboxylic acids is 1. The second kappa shape index (κ2) is 11.6. The lowest BCUT2D eigenvalue weighted by atomic mass is 10.1. The minimum Gasteiger partial charge on any atom is -0.494 e. The molecule has 9 nitrogen and oxygen atoms in total. The number of rotatable bonds is 8. The quantitative estimate of drug-likeness (QED) is 0.238. The molecular formula is C31H35N7O2. The van der Waals surface area contributed by atoms with Crippen LogP contribution in [0.3, 0.4) is 0 Å². The van der Waals surface area contributed by atoms with Gasteiger partial charge in [-0.15, -0.1) is 0 Å². The standard InChI is InChI=1S/C31H35N7O2/c1-6-7-12-29(39)33-24-17-25(28(40-5)18-27(24)38-15-13-36(3)14-16-38)34-31-32-19-21(2)30(35-31)23-20-37(4)26-11-9-8-10-22(23)26/h6-12,17-20H,1,13-16H2,2-5H3,(H,33,39)(H,32,34,35)/b12-7-. The molecule has 40 heavy (non-hydrogen) atoms. The number of likely N-dealkylation sites (N-methyl/N-ethyl adjacent to an activating group) is 1. The van der Waals surface area contributed by atoms with Gasteiger partial charge in [0.15, 0.2) is 0 Å². The number of benzene rings is 2. The number of methoxy groups -OCH3 is 1. The number of piperazine rings is 1. The van der Waals surface area contributed by atoms with Gasteiger partial charge in [0.25, 0.3) is 0 Å². The van der Waals surface area contributed by atoms with Crippen LogP contribution in [-0.2, 0) is 11.8 Å². The fourth-order valence-electron chi connectivity index (χ4n) is 5.00. The lowest BCUT2D eigenvalue weighted by molar-refractivity contribution is -0.111.